The second-order valence-corrected chi connectivity index (χ2v) is 4.22. The lowest BCUT2D eigenvalue weighted by atomic mass is 10.1. The highest BCUT2D eigenvalue weighted by Crippen LogP contribution is 2.28. The fourth-order valence-corrected chi connectivity index (χ4v) is 1.74. The first kappa shape index (κ1) is 14.2. The number of thioether (sulfide) groups is 1. The van der Waals surface area contributed by atoms with E-state index in [0.29, 0.717) is 22.8 Å². The number of ether oxygens (including phenoxy) is 1. The molecular weight excluding hydrogens is 254 g/mol. The van der Waals surface area contributed by atoms with Crippen LogP contribution in [-0.4, -0.2) is 36.1 Å². The van der Waals surface area contributed by atoms with Crippen LogP contribution in [0.5, 0.6) is 5.75 Å². The largest absolute Gasteiger partial charge is 0.495 e. The third-order valence-electron chi connectivity index (χ3n) is 2.17. The van der Waals surface area contributed by atoms with Gasteiger partial charge in [0.2, 0.25) is 5.91 Å². The summed E-state index contributed by atoms with van der Waals surface area (Å²) >= 11 is 1.40. The van der Waals surface area contributed by atoms with Crippen LogP contribution < -0.4 is 15.8 Å². The molecule has 0 saturated heterocycles. The Bertz CT molecular complexity index is 463. The van der Waals surface area contributed by atoms with Gasteiger partial charge in [0.15, 0.2) is 5.84 Å². The summed E-state index contributed by atoms with van der Waals surface area (Å²) in [6, 6.07) is 5.01. The van der Waals surface area contributed by atoms with Gasteiger partial charge in [0.05, 0.1) is 18.6 Å². The van der Waals surface area contributed by atoms with Gasteiger partial charge in [-0.2, -0.15) is 11.8 Å². The summed E-state index contributed by atoms with van der Waals surface area (Å²) < 4.78 is 5.15. The Kier molecular flexibility index (Phi) is 5.31. The van der Waals surface area contributed by atoms with Crippen molar-refractivity contribution >= 4 is 29.2 Å². The molecule has 0 bridgehead atoms. The minimum absolute atomic E-state index is 0.0895. The molecule has 0 atom stereocenters. The van der Waals surface area contributed by atoms with E-state index >= 15 is 0 Å². The van der Waals surface area contributed by atoms with Gasteiger partial charge in [-0.1, -0.05) is 11.2 Å². The van der Waals surface area contributed by atoms with E-state index in [1.54, 1.807) is 18.2 Å². The minimum Gasteiger partial charge on any atom is -0.495 e. The van der Waals surface area contributed by atoms with E-state index in [1.165, 1.54) is 18.9 Å². The van der Waals surface area contributed by atoms with Crippen LogP contribution in [0.1, 0.15) is 5.56 Å². The molecule has 0 aromatic heterocycles. The highest BCUT2D eigenvalue weighted by molar-refractivity contribution is 7.99. The molecule has 0 fully saturated rings. The first-order chi connectivity index (χ1) is 8.63. The van der Waals surface area contributed by atoms with Gasteiger partial charge in [-0.3, -0.25) is 4.79 Å². The Hall–Kier alpha value is -1.89. The number of amidine groups is 1. The number of oxime groups is 1. The standard InChI is InChI=1S/C11H15N3O3S/c1-17-8-5-3-4-7(11(12)14-16)10(8)13-9(15)6-18-2/h3-5,16H,6H2,1-2H3,(H2,12,14)(H,13,15). The lowest BCUT2D eigenvalue weighted by Gasteiger charge is -2.13. The molecule has 1 amide bonds. The molecule has 6 nitrogen and oxygen atoms in total. The summed E-state index contributed by atoms with van der Waals surface area (Å²) in [7, 11) is 1.48. The lowest BCUT2D eigenvalue weighted by Crippen LogP contribution is -2.20. The van der Waals surface area contributed by atoms with E-state index in [9.17, 15) is 4.79 Å². The number of carbonyl (C=O) groups excluding carboxylic acids is 1. The average Bonchev–Trinajstić information content (AvgIpc) is 2.38. The Morgan fingerprint density at radius 2 is 2.33 bits per heavy atom. The summed E-state index contributed by atoms with van der Waals surface area (Å²) in [6.07, 6.45) is 1.83. The van der Waals surface area contributed by atoms with Gasteiger partial charge in [0.25, 0.3) is 0 Å². The van der Waals surface area contributed by atoms with Gasteiger partial charge >= 0.3 is 0 Å². The molecule has 1 aromatic carbocycles. The van der Waals surface area contributed by atoms with Gasteiger partial charge in [-0.15, -0.1) is 0 Å². The van der Waals surface area contributed by atoms with E-state index in [2.05, 4.69) is 10.5 Å². The number of rotatable bonds is 5. The first-order valence-electron chi connectivity index (χ1n) is 5.07. The molecule has 1 aromatic rings. The summed E-state index contributed by atoms with van der Waals surface area (Å²) in [6.45, 7) is 0. The zero-order valence-electron chi connectivity index (χ0n) is 10.1. The highest BCUT2D eigenvalue weighted by atomic mass is 32.2. The number of benzene rings is 1. The molecule has 1 rings (SSSR count). The number of hydrogen-bond donors (Lipinski definition) is 3. The van der Waals surface area contributed by atoms with Crippen molar-refractivity contribution < 1.29 is 14.7 Å². The maximum Gasteiger partial charge on any atom is 0.234 e. The topological polar surface area (TPSA) is 96.9 Å². The summed E-state index contributed by atoms with van der Waals surface area (Å²) in [5.41, 5.74) is 6.36. The van der Waals surface area contributed by atoms with Gasteiger partial charge in [-0.05, 0) is 18.4 Å². The number of carbonyl (C=O) groups is 1. The number of anilines is 1. The summed E-state index contributed by atoms with van der Waals surface area (Å²) in [4.78, 5) is 11.6. The zero-order chi connectivity index (χ0) is 13.5. The molecule has 98 valence electrons. The smallest absolute Gasteiger partial charge is 0.234 e. The van der Waals surface area contributed by atoms with Crippen molar-refractivity contribution in [1.29, 1.82) is 0 Å². The van der Waals surface area contributed by atoms with Crippen molar-refractivity contribution in [2.75, 3.05) is 24.4 Å². The Morgan fingerprint density at radius 3 is 2.89 bits per heavy atom. The quantitative estimate of drug-likeness (QED) is 0.322. The number of methoxy groups -OCH3 is 1. The molecule has 0 spiro atoms. The highest BCUT2D eigenvalue weighted by Gasteiger charge is 2.14. The van der Waals surface area contributed by atoms with Gasteiger partial charge in [0, 0.05) is 5.56 Å². The lowest BCUT2D eigenvalue weighted by molar-refractivity contribution is -0.113. The molecule has 0 heterocycles. The molecule has 0 saturated carbocycles. The normalized spacial score (nSPS) is 11.1. The van der Waals surface area contributed by atoms with Crippen LogP contribution >= 0.6 is 11.8 Å². The van der Waals surface area contributed by atoms with Crippen molar-refractivity contribution in [3.05, 3.63) is 23.8 Å². The van der Waals surface area contributed by atoms with Crippen molar-refractivity contribution in [2.24, 2.45) is 10.9 Å². The van der Waals surface area contributed by atoms with E-state index in [4.69, 9.17) is 15.7 Å². The van der Waals surface area contributed by atoms with Gasteiger partial charge in [-0.25, -0.2) is 0 Å². The Labute approximate surface area is 109 Å². The zero-order valence-corrected chi connectivity index (χ0v) is 11.0. The second kappa shape index (κ2) is 6.75. The number of nitrogens with one attached hydrogen (secondary N) is 1. The number of hydrogen-bond acceptors (Lipinski definition) is 5. The van der Waals surface area contributed by atoms with Crippen molar-refractivity contribution in [3.8, 4) is 5.75 Å². The van der Waals surface area contributed by atoms with Gasteiger partial charge < -0.3 is 21.0 Å². The maximum atomic E-state index is 11.6. The van der Waals surface area contributed by atoms with E-state index in [-0.39, 0.29) is 11.7 Å². The number of nitrogens with two attached hydrogens (primary N) is 1. The number of amides is 1. The van der Waals surface area contributed by atoms with Crippen LogP contribution in [0.15, 0.2) is 23.4 Å². The number of nitrogens with zero attached hydrogens (tertiary/aromatic N) is 1. The van der Waals surface area contributed by atoms with E-state index in [1.807, 2.05) is 6.26 Å². The molecule has 18 heavy (non-hydrogen) atoms. The predicted molar refractivity (Wildman–Crippen MR) is 72.5 cm³/mol. The molecule has 0 unspecified atom stereocenters. The monoisotopic (exact) mass is 269 g/mol. The maximum absolute atomic E-state index is 11.6. The molecular formula is C11H15N3O3S. The van der Waals surface area contributed by atoms with E-state index < -0.39 is 0 Å². The molecule has 7 heteroatoms. The average molecular weight is 269 g/mol. The van der Waals surface area contributed by atoms with Gasteiger partial charge in [0.1, 0.15) is 5.75 Å². The Morgan fingerprint density at radius 1 is 1.61 bits per heavy atom. The number of para-hydroxylation sites is 1. The molecule has 0 aliphatic carbocycles. The summed E-state index contributed by atoms with van der Waals surface area (Å²) in [5.74, 6) is 0.495. The second-order valence-electron chi connectivity index (χ2n) is 3.35. The molecule has 0 aliphatic heterocycles. The minimum atomic E-state index is -0.181. The third kappa shape index (κ3) is 3.30. The molecule has 0 aliphatic rings. The van der Waals surface area contributed by atoms with Crippen LogP contribution in [0, 0.1) is 0 Å². The first-order valence-corrected chi connectivity index (χ1v) is 6.47. The molecule has 4 N–H and O–H groups in total. The van der Waals surface area contributed by atoms with Crippen LogP contribution in [0.25, 0.3) is 0 Å². The predicted octanol–water partition coefficient (Wildman–Crippen LogP) is 1.09. The van der Waals surface area contributed by atoms with Crippen molar-refractivity contribution in [2.45, 2.75) is 0 Å². The van der Waals surface area contributed by atoms with Crippen molar-refractivity contribution in [1.82, 2.24) is 0 Å². The molecule has 0 radical (unpaired) electrons. The fourth-order valence-electron chi connectivity index (χ4n) is 1.40. The SMILES string of the molecule is COc1cccc(/C(N)=N/O)c1NC(=O)CSC. The van der Waals surface area contributed by atoms with Crippen LogP contribution in [0.3, 0.4) is 0 Å². The van der Waals surface area contributed by atoms with Crippen LogP contribution in [0.2, 0.25) is 0 Å². The fraction of sp³-hybridized carbons (Fsp3) is 0.273. The van der Waals surface area contributed by atoms with Crippen molar-refractivity contribution in [3.63, 3.8) is 0 Å². The van der Waals surface area contributed by atoms with E-state index in [0.717, 1.165) is 0 Å². The Balaban J connectivity index is 3.16. The van der Waals surface area contributed by atoms with Crippen LogP contribution in [0.4, 0.5) is 5.69 Å². The third-order valence-corrected chi connectivity index (χ3v) is 2.72. The van der Waals surface area contributed by atoms with Crippen LogP contribution in [-0.2, 0) is 4.79 Å². The summed E-state index contributed by atoms with van der Waals surface area (Å²) in [5, 5.41) is 14.3.